The third-order valence-corrected chi connectivity index (χ3v) is 3.21. The van der Waals surface area contributed by atoms with Gasteiger partial charge < -0.3 is 24.5 Å². The molecule has 1 rings (SSSR count). The van der Waals surface area contributed by atoms with E-state index < -0.39 is 0 Å². The summed E-state index contributed by atoms with van der Waals surface area (Å²) < 4.78 is 15.3. The van der Waals surface area contributed by atoms with E-state index in [1.165, 1.54) is 7.11 Å². The lowest BCUT2D eigenvalue weighted by Gasteiger charge is -2.11. The molecule has 0 aliphatic rings. The van der Waals surface area contributed by atoms with Crippen LogP contribution in [0.4, 0.5) is 0 Å². The van der Waals surface area contributed by atoms with Crippen LogP contribution in [0.5, 0.6) is 0 Å². The molecular weight excluding hydrogens is 437 g/mol. The first-order chi connectivity index (χ1) is 11.8. The molecule has 0 fully saturated rings. The number of carbonyl (C=O) groups excluding carboxylic acids is 1. The Kier molecular flexibility index (Phi) is 15.4. The van der Waals surface area contributed by atoms with Crippen molar-refractivity contribution in [3.63, 3.8) is 0 Å². The van der Waals surface area contributed by atoms with E-state index in [-0.39, 0.29) is 29.9 Å². The number of unbranched alkanes of at least 4 members (excludes halogenated alkanes) is 1. The Balaban J connectivity index is 0.00000576. The number of carbonyl (C=O) groups is 1. The Labute approximate surface area is 166 Å². The summed E-state index contributed by atoms with van der Waals surface area (Å²) in [6.45, 7) is 5.44. The van der Waals surface area contributed by atoms with E-state index in [1.54, 1.807) is 6.26 Å². The molecule has 0 aliphatic heterocycles. The molecule has 0 saturated carbocycles. The zero-order valence-electron chi connectivity index (χ0n) is 15.1. The summed E-state index contributed by atoms with van der Waals surface area (Å²) >= 11 is 0. The predicted molar refractivity (Wildman–Crippen MR) is 108 cm³/mol. The van der Waals surface area contributed by atoms with E-state index in [2.05, 4.69) is 20.4 Å². The molecule has 7 nitrogen and oxygen atoms in total. The molecule has 0 unspecified atom stereocenters. The van der Waals surface area contributed by atoms with Crippen molar-refractivity contribution in [3.8, 4) is 0 Å². The molecule has 0 atom stereocenters. The molecule has 2 N–H and O–H groups in total. The second-order valence-corrected chi connectivity index (χ2v) is 5.21. The van der Waals surface area contributed by atoms with E-state index in [1.807, 2.05) is 19.1 Å². The first kappa shape index (κ1) is 23.7. The van der Waals surface area contributed by atoms with Crippen LogP contribution in [0.3, 0.4) is 0 Å². The number of ether oxygens (including phenoxy) is 2. The van der Waals surface area contributed by atoms with Gasteiger partial charge in [-0.25, -0.2) is 0 Å². The normalized spacial score (nSPS) is 10.9. The third-order valence-electron chi connectivity index (χ3n) is 3.21. The van der Waals surface area contributed by atoms with Gasteiger partial charge >= 0.3 is 5.97 Å². The van der Waals surface area contributed by atoms with E-state index in [4.69, 9.17) is 9.15 Å². The van der Waals surface area contributed by atoms with Gasteiger partial charge in [-0.1, -0.05) is 0 Å². The van der Waals surface area contributed by atoms with Gasteiger partial charge in [0.2, 0.25) is 0 Å². The summed E-state index contributed by atoms with van der Waals surface area (Å²) in [5.41, 5.74) is 0. The average Bonchev–Trinajstić information content (AvgIpc) is 3.10. The molecule has 0 spiro atoms. The number of rotatable bonds is 12. The number of hydrogen-bond acceptors (Lipinski definition) is 5. The maximum Gasteiger partial charge on any atom is 0.305 e. The minimum absolute atomic E-state index is 0. The maximum absolute atomic E-state index is 11.0. The van der Waals surface area contributed by atoms with Crippen molar-refractivity contribution in [1.82, 2.24) is 10.6 Å². The Morgan fingerprint density at radius 2 is 2.12 bits per heavy atom. The highest BCUT2D eigenvalue weighted by molar-refractivity contribution is 14.0. The molecule has 8 heteroatoms. The maximum atomic E-state index is 11.0. The van der Waals surface area contributed by atoms with Crippen molar-refractivity contribution < 1.29 is 18.7 Å². The summed E-state index contributed by atoms with van der Waals surface area (Å²) in [6, 6.07) is 3.74. The molecule has 0 amide bonds. The number of methoxy groups -OCH3 is 1. The van der Waals surface area contributed by atoms with Gasteiger partial charge in [0.15, 0.2) is 5.96 Å². The van der Waals surface area contributed by atoms with E-state index in [0.717, 1.165) is 44.1 Å². The molecular formula is C17H30IN3O4. The van der Waals surface area contributed by atoms with Gasteiger partial charge in [0.05, 0.1) is 13.4 Å². The highest BCUT2D eigenvalue weighted by Crippen LogP contribution is 2.01. The second-order valence-electron chi connectivity index (χ2n) is 5.21. The molecule has 144 valence electrons. The molecule has 0 aromatic carbocycles. The summed E-state index contributed by atoms with van der Waals surface area (Å²) in [5.74, 6) is 1.46. The number of halogens is 1. The minimum Gasteiger partial charge on any atom is -0.469 e. The van der Waals surface area contributed by atoms with Crippen LogP contribution in [0.25, 0.3) is 0 Å². The van der Waals surface area contributed by atoms with Crippen molar-refractivity contribution in [3.05, 3.63) is 24.2 Å². The first-order valence-electron chi connectivity index (χ1n) is 8.45. The fraction of sp³-hybridized carbons (Fsp3) is 0.647. The average molecular weight is 467 g/mol. The SMILES string of the molecule is CCNC(=NCCCOCc1ccco1)NCCCCC(=O)OC.I. The van der Waals surface area contributed by atoms with Crippen molar-refractivity contribution in [1.29, 1.82) is 0 Å². The van der Waals surface area contributed by atoms with Crippen LogP contribution < -0.4 is 10.6 Å². The van der Waals surface area contributed by atoms with Gasteiger partial charge in [-0.3, -0.25) is 9.79 Å². The van der Waals surface area contributed by atoms with Gasteiger partial charge in [0.25, 0.3) is 0 Å². The highest BCUT2D eigenvalue weighted by Gasteiger charge is 2.01. The van der Waals surface area contributed by atoms with Crippen LogP contribution in [0.2, 0.25) is 0 Å². The monoisotopic (exact) mass is 467 g/mol. The van der Waals surface area contributed by atoms with E-state index >= 15 is 0 Å². The minimum atomic E-state index is -0.162. The van der Waals surface area contributed by atoms with Crippen LogP contribution >= 0.6 is 24.0 Å². The smallest absolute Gasteiger partial charge is 0.305 e. The van der Waals surface area contributed by atoms with E-state index in [0.29, 0.717) is 26.2 Å². The van der Waals surface area contributed by atoms with Crippen LogP contribution in [0, 0.1) is 0 Å². The second kappa shape index (κ2) is 16.2. The van der Waals surface area contributed by atoms with Crippen LogP contribution in [0.1, 0.15) is 38.4 Å². The molecule has 0 aliphatic carbocycles. The third kappa shape index (κ3) is 12.7. The van der Waals surface area contributed by atoms with Crippen LogP contribution in [0.15, 0.2) is 27.8 Å². The Morgan fingerprint density at radius 1 is 1.28 bits per heavy atom. The first-order valence-corrected chi connectivity index (χ1v) is 8.45. The molecule has 0 bridgehead atoms. The summed E-state index contributed by atoms with van der Waals surface area (Å²) in [4.78, 5) is 15.5. The quantitative estimate of drug-likeness (QED) is 0.162. The fourth-order valence-electron chi connectivity index (χ4n) is 1.97. The molecule has 0 radical (unpaired) electrons. The number of esters is 1. The Morgan fingerprint density at radius 3 is 2.80 bits per heavy atom. The van der Waals surface area contributed by atoms with Gasteiger partial charge in [0.1, 0.15) is 12.4 Å². The lowest BCUT2D eigenvalue weighted by atomic mass is 10.2. The standard InChI is InChI=1S/C17H29N3O4.HI/c1-3-18-17(19-10-5-4-9-16(21)22-2)20-11-7-12-23-14-15-8-6-13-24-15;/h6,8,13H,3-5,7,9-12,14H2,1-2H3,(H2,18,19,20);1H. The number of nitrogens with zero attached hydrogens (tertiary/aromatic N) is 1. The number of aliphatic imine (C=N–C) groups is 1. The Bertz CT molecular complexity index is 466. The number of furan rings is 1. The largest absolute Gasteiger partial charge is 0.469 e. The van der Waals surface area contributed by atoms with Gasteiger partial charge in [-0.15, -0.1) is 24.0 Å². The van der Waals surface area contributed by atoms with Gasteiger partial charge in [0, 0.05) is 32.7 Å². The predicted octanol–water partition coefficient (Wildman–Crippen LogP) is 2.70. The zero-order valence-corrected chi connectivity index (χ0v) is 17.4. The fourth-order valence-corrected chi connectivity index (χ4v) is 1.97. The van der Waals surface area contributed by atoms with Crippen molar-refractivity contribution in [2.45, 2.75) is 39.2 Å². The summed E-state index contributed by atoms with van der Waals surface area (Å²) in [7, 11) is 1.41. The highest BCUT2D eigenvalue weighted by atomic mass is 127. The molecule has 1 aromatic rings. The van der Waals surface area contributed by atoms with Gasteiger partial charge in [-0.2, -0.15) is 0 Å². The lowest BCUT2D eigenvalue weighted by Crippen LogP contribution is -2.37. The van der Waals surface area contributed by atoms with Crippen LogP contribution in [-0.2, 0) is 20.9 Å². The zero-order chi connectivity index (χ0) is 17.5. The number of hydrogen-bond donors (Lipinski definition) is 2. The lowest BCUT2D eigenvalue weighted by molar-refractivity contribution is -0.140. The van der Waals surface area contributed by atoms with Gasteiger partial charge in [-0.05, 0) is 38.3 Å². The summed E-state index contributed by atoms with van der Waals surface area (Å²) in [5, 5.41) is 6.45. The Hall–Kier alpha value is -1.29. The van der Waals surface area contributed by atoms with Crippen molar-refractivity contribution in [2.75, 3.05) is 33.4 Å². The topological polar surface area (TPSA) is 85.1 Å². The molecule has 1 heterocycles. The molecule has 25 heavy (non-hydrogen) atoms. The van der Waals surface area contributed by atoms with E-state index in [9.17, 15) is 4.79 Å². The number of nitrogens with one attached hydrogen (secondary N) is 2. The summed E-state index contributed by atoms with van der Waals surface area (Å²) in [6.07, 6.45) is 4.65. The molecule has 1 aromatic heterocycles. The molecule has 0 saturated heterocycles. The van der Waals surface area contributed by atoms with Crippen LogP contribution in [-0.4, -0.2) is 45.3 Å². The number of guanidine groups is 1. The van der Waals surface area contributed by atoms with Crippen molar-refractivity contribution in [2.24, 2.45) is 4.99 Å². The van der Waals surface area contributed by atoms with Crippen molar-refractivity contribution >= 4 is 35.9 Å².